The van der Waals surface area contributed by atoms with Gasteiger partial charge in [0.05, 0.1) is 7.11 Å². The number of methoxy groups -OCH3 is 1. The molecular formula is C15H21NO. The maximum atomic E-state index is 5.79. The second-order valence-electron chi connectivity index (χ2n) is 4.72. The first kappa shape index (κ1) is 12.2. The lowest BCUT2D eigenvalue weighted by molar-refractivity contribution is 0.404. The van der Waals surface area contributed by atoms with Crippen LogP contribution in [0.15, 0.2) is 36.4 Å². The second kappa shape index (κ2) is 5.37. The van der Waals surface area contributed by atoms with Gasteiger partial charge in [0.1, 0.15) is 5.75 Å². The van der Waals surface area contributed by atoms with Crippen molar-refractivity contribution in [1.82, 2.24) is 0 Å². The van der Waals surface area contributed by atoms with Gasteiger partial charge >= 0.3 is 0 Å². The zero-order valence-electron chi connectivity index (χ0n) is 10.5. The summed E-state index contributed by atoms with van der Waals surface area (Å²) in [6.07, 6.45) is 9.27. The van der Waals surface area contributed by atoms with Crippen LogP contribution in [0.5, 0.6) is 5.75 Å². The maximum Gasteiger partial charge on any atom is 0.119 e. The standard InChI is InChI=1S/C15H21NO/c1-17-14-7-5-6-13(12-14)15(10-11-16)8-3-2-4-9-15/h3,5-8,12H,2,4,9-11,16H2,1H3. The zero-order chi connectivity index (χ0) is 12.1. The first-order valence-corrected chi connectivity index (χ1v) is 6.33. The second-order valence-corrected chi connectivity index (χ2v) is 4.72. The predicted octanol–water partition coefficient (Wildman–Crippen LogP) is 3.02. The molecule has 0 fully saturated rings. The molecule has 2 rings (SSSR count). The zero-order valence-corrected chi connectivity index (χ0v) is 10.5. The average molecular weight is 231 g/mol. The van der Waals surface area contributed by atoms with Gasteiger partial charge in [-0.05, 0) is 49.9 Å². The van der Waals surface area contributed by atoms with Crippen molar-refractivity contribution in [3.8, 4) is 5.75 Å². The smallest absolute Gasteiger partial charge is 0.119 e. The van der Waals surface area contributed by atoms with Crippen LogP contribution in [0.25, 0.3) is 0 Å². The maximum absolute atomic E-state index is 5.79. The van der Waals surface area contributed by atoms with E-state index in [1.54, 1.807) is 7.11 Å². The quantitative estimate of drug-likeness (QED) is 0.808. The van der Waals surface area contributed by atoms with E-state index in [0.717, 1.165) is 18.7 Å². The molecule has 1 aromatic rings. The summed E-state index contributed by atoms with van der Waals surface area (Å²) >= 11 is 0. The molecule has 2 N–H and O–H groups in total. The highest BCUT2D eigenvalue weighted by molar-refractivity contribution is 5.38. The highest BCUT2D eigenvalue weighted by atomic mass is 16.5. The Hall–Kier alpha value is -1.28. The van der Waals surface area contributed by atoms with Gasteiger partial charge in [-0.3, -0.25) is 0 Å². The number of nitrogens with two attached hydrogens (primary N) is 1. The number of rotatable bonds is 4. The van der Waals surface area contributed by atoms with Crippen LogP contribution in [-0.4, -0.2) is 13.7 Å². The highest BCUT2D eigenvalue weighted by Crippen LogP contribution is 2.38. The van der Waals surface area contributed by atoms with E-state index in [1.165, 1.54) is 24.8 Å². The number of ether oxygens (including phenoxy) is 1. The fourth-order valence-corrected chi connectivity index (χ4v) is 2.71. The summed E-state index contributed by atoms with van der Waals surface area (Å²) in [6, 6.07) is 8.39. The van der Waals surface area contributed by atoms with Gasteiger partial charge in [0.15, 0.2) is 0 Å². The summed E-state index contributed by atoms with van der Waals surface area (Å²) in [5.41, 5.74) is 7.25. The van der Waals surface area contributed by atoms with Crippen LogP contribution >= 0.6 is 0 Å². The van der Waals surface area contributed by atoms with E-state index in [4.69, 9.17) is 10.5 Å². The Morgan fingerprint density at radius 2 is 2.29 bits per heavy atom. The summed E-state index contributed by atoms with van der Waals surface area (Å²) in [4.78, 5) is 0. The summed E-state index contributed by atoms with van der Waals surface area (Å²) < 4.78 is 5.31. The van der Waals surface area contributed by atoms with Gasteiger partial charge in [-0.1, -0.05) is 24.3 Å². The normalized spacial score (nSPS) is 23.6. The molecule has 1 aliphatic carbocycles. The lowest BCUT2D eigenvalue weighted by Crippen LogP contribution is -2.28. The summed E-state index contributed by atoms with van der Waals surface area (Å²) in [7, 11) is 1.71. The monoisotopic (exact) mass is 231 g/mol. The van der Waals surface area contributed by atoms with E-state index < -0.39 is 0 Å². The third kappa shape index (κ3) is 2.52. The Kier molecular flexibility index (Phi) is 3.85. The lowest BCUT2D eigenvalue weighted by Gasteiger charge is -2.34. The number of hydrogen-bond donors (Lipinski definition) is 1. The molecule has 1 atom stereocenters. The molecule has 1 unspecified atom stereocenters. The van der Waals surface area contributed by atoms with E-state index in [2.05, 4.69) is 30.4 Å². The fourth-order valence-electron chi connectivity index (χ4n) is 2.71. The fraction of sp³-hybridized carbons (Fsp3) is 0.467. The van der Waals surface area contributed by atoms with E-state index in [1.807, 2.05) is 6.07 Å². The third-order valence-electron chi connectivity index (χ3n) is 3.67. The van der Waals surface area contributed by atoms with Crippen molar-refractivity contribution in [3.05, 3.63) is 42.0 Å². The van der Waals surface area contributed by atoms with Crippen LogP contribution in [-0.2, 0) is 5.41 Å². The molecule has 0 saturated carbocycles. The Balaban J connectivity index is 2.37. The minimum absolute atomic E-state index is 0.127. The molecular weight excluding hydrogens is 210 g/mol. The van der Waals surface area contributed by atoms with Crippen molar-refractivity contribution in [2.24, 2.45) is 5.73 Å². The van der Waals surface area contributed by atoms with Crippen LogP contribution in [0.2, 0.25) is 0 Å². The van der Waals surface area contributed by atoms with E-state index >= 15 is 0 Å². The van der Waals surface area contributed by atoms with Gasteiger partial charge in [0, 0.05) is 5.41 Å². The SMILES string of the molecule is COc1cccc(C2(CCN)C=CCCC2)c1. The van der Waals surface area contributed by atoms with Gasteiger partial charge in [-0.15, -0.1) is 0 Å². The highest BCUT2D eigenvalue weighted by Gasteiger charge is 2.29. The minimum Gasteiger partial charge on any atom is -0.497 e. The van der Waals surface area contributed by atoms with Crippen LogP contribution in [0.4, 0.5) is 0 Å². The van der Waals surface area contributed by atoms with Crippen molar-refractivity contribution >= 4 is 0 Å². The number of allylic oxidation sites excluding steroid dienone is 2. The molecule has 0 spiro atoms. The molecule has 17 heavy (non-hydrogen) atoms. The van der Waals surface area contributed by atoms with E-state index in [9.17, 15) is 0 Å². The summed E-state index contributed by atoms with van der Waals surface area (Å²) in [6.45, 7) is 0.724. The molecule has 2 nitrogen and oxygen atoms in total. The summed E-state index contributed by atoms with van der Waals surface area (Å²) in [5.74, 6) is 0.929. The van der Waals surface area contributed by atoms with Gasteiger partial charge in [0.2, 0.25) is 0 Å². The van der Waals surface area contributed by atoms with Gasteiger partial charge < -0.3 is 10.5 Å². The Labute approximate surface area is 103 Å². The summed E-state index contributed by atoms with van der Waals surface area (Å²) in [5, 5.41) is 0. The molecule has 0 saturated heterocycles. The predicted molar refractivity (Wildman–Crippen MR) is 71.3 cm³/mol. The third-order valence-corrected chi connectivity index (χ3v) is 3.67. The molecule has 0 aromatic heterocycles. The molecule has 0 radical (unpaired) electrons. The van der Waals surface area contributed by atoms with Gasteiger partial charge in [-0.25, -0.2) is 0 Å². The number of hydrogen-bond acceptors (Lipinski definition) is 2. The molecule has 0 aliphatic heterocycles. The van der Waals surface area contributed by atoms with Gasteiger partial charge in [-0.2, -0.15) is 0 Å². The largest absolute Gasteiger partial charge is 0.497 e. The topological polar surface area (TPSA) is 35.2 Å². The number of benzene rings is 1. The van der Waals surface area contributed by atoms with Crippen molar-refractivity contribution in [3.63, 3.8) is 0 Å². The molecule has 0 heterocycles. The Morgan fingerprint density at radius 1 is 1.41 bits per heavy atom. The van der Waals surface area contributed by atoms with E-state index in [0.29, 0.717) is 0 Å². The molecule has 1 aliphatic rings. The molecule has 0 amide bonds. The van der Waals surface area contributed by atoms with Crippen LogP contribution in [0.1, 0.15) is 31.2 Å². The Morgan fingerprint density at radius 3 is 2.94 bits per heavy atom. The van der Waals surface area contributed by atoms with Gasteiger partial charge in [0.25, 0.3) is 0 Å². The van der Waals surface area contributed by atoms with Crippen molar-refractivity contribution in [2.45, 2.75) is 31.1 Å². The minimum atomic E-state index is 0.127. The van der Waals surface area contributed by atoms with Crippen molar-refractivity contribution < 1.29 is 4.74 Å². The van der Waals surface area contributed by atoms with Crippen molar-refractivity contribution in [2.75, 3.05) is 13.7 Å². The molecule has 92 valence electrons. The van der Waals surface area contributed by atoms with Crippen molar-refractivity contribution in [1.29, 1.82) is 0 Å². The van der Waals surface area contributed by atoms with Crippen LogP contribution in [0, 0.1) is 0 Å². The first-order valence-electron chi connectivity index (χ1n) is 6.33. The average Bonchev–Trinajstić information content (AvgIpc) is 2.40. The Bertz CT molecular complexity index is 400. The van der Waals surface area contributed by atoms with Crippen LogP contribution < -0.4 is 10.5 Å². The lowest BCUT2D eigenvalue weighted by atomic mass is 9.71. The first-order chi connectivity index (χ1) is 8.30. The molecule has 2 heteroatoms. The molecule has 0 bridgehead atoms. The van der Waals surface area contributed by atoms with E-state index in [-0.39, 0.29) is 5.41 Å². The van der Waals surface area contributed by atoms with Crippen LogP contribution in [0.3, 0.4) is 0 Å². The molecule has 1 aromatic carbocycles.